The number of hydrogen-bond acceptors (Lipinski definition) is 4. The molecule has 0 fully saturated rings. The molecule has 1 aliphatic heterocycles. The van der Waals surface area contributed by atoms with Gasteiger partial charge in [0.1, 0.15) is 11.5 Å². The lowest BCUT2D eigenvalue weighted by atomic mass is 9.95. The molecular weight excluding hydrogens is 378 g/mol. The summed E-state index contributed by atoms with van der Waals surface area (Å²) in [6, 6.07) is 15.5. The van der Waals surface area contributed by atoms with Gasteiger partial charge in [0.2, 0.25) is 0 Å². The summed E-state index contributed by atoms with van der Waals surface area (Å²) in [6.07, 6.45) is 6.06. The number of H-pyrrole nitrogens is 1. The topological polar surface area (TPSA) is 76.2 Å². The van der Waals surface area contributed by atoms with Gasteiger partial charge >= 0.3 is 0 Å². The van der Waals surface area contributed by atoms with Crippen LogP contribution in [0.2, 0.25) is 0 Å². The van der Waals surface area contributed by atoms with Crippen molar-refractivity contribution in [2.24, 2.45) is 0 Å². The number of nitrogens with one attached hydrogen (secondary N) is 2. The van der Waals surface area contributed by atoms with Crippen LogP contribution in [-0.4, -0.2) is 29.6 Å². The second kappa shape index (κ2) is 7.55. The number of pyridine rings is 1. The van der Waals surface area contributed by atoms with E-state index in [0.717, 1.165) is 33.3 Å². The molecule has 0 spiro atoms. The van der Waals surface area contributed by atoms with E-state index in [9.17, 15) is 4.79 Å². The molecule has 3 heterocycles. The van der Waals surface area contributed by atoms with Crippen LogP contribution < -0.4 is 14.8 Å². The zero-order valence-electron chi connectivity index (χ0n) is 16.5. The van der Waals surface area contributed by atoms with Crippen LogP contribution in [0, 0.1) is 0 Å². The van der Waals surface area contributed by atoms with Crippen molar-refractivity contribution in [3.05, 3.63) is 78.2 Å². The summed E-state index contributed by atoms with van der Waals surface area (Å²) in [4.78, 5) is 20.3. The van der Waals surface area contributed by atoms with Gasteiger partial charge in [-0.1, -0.05) is 6.07 Å². The molecule has 2 N–H and O–H groups in total. The van der Waals surface area contributed by atoms with Crippen molar-refractivity contribution in [3.8, 4) is 22.6 Å². The Kier molecular flexibility index (Phi) is 4.59. The number of ether oxygens (including phenoxy) is 2. The highest BCUT2D eigenvalue weighted by atomic mass is 16.5. The lowest BCUT2D eigenvalue weighted by Gasteiger charge is -2.27. The maximum Gasteiger partial charge on any atom is 0.251 e. The SMILES string of the molecule is COc1cncc(-c2ccc3c(c2)C(NC(=O)c2ccc4[nH]ccc4c2)CCO3)c1. The number of methoxy groups -OCH3 is 1. The number of hydrogen-bond donors (Lipinski definition) is 2. The zero-order chi connectivity index (χ0) is 20.5. The molecule has 0 saturated heterocycles. The van der Waals surface area contributed by atoms with Crippen molar-refractivity contribution in [1.29, 1.82) is 0 Å². The monoisotopic (exact) mass is 399 g/mol. The summed E-state index contributed by atoms with van der Waals surface area (Å²) in [6.45, 7) is 0.564. The van der Waals surface area contributed by atoms with Crippen LogP contribution in [0.15, 0.2) is 67.1 Å². The molecule has 4 aromatic rings. The number of benzene rings is 2. The smallest absolute Gasteiger partial charge is 0.251 e. The van der Waals surface area contributed by atoms with Gasteiger partial charge in [0.25, 0.3) is 5.91 Å². The molecular formula is C24H21N3O3. The Morgan fingerprint density at radius 2 is 2.07 bits per heavy atom. The molecule has 5 rings (SSSR count). The fourth-order valence-corrected chi connectivity index (χ4v) is 3.85. The average Bonchev–Trinajstić information content (AvgIpc) is 3.27. The van der Waals surface area contributed by atoms with Crippen molar-refractivity contribution in [3.63, 3.8) is 0 Å². The van der Waals surface area contributed by atoms with Crippen molar-refractivity contribution < 1.29 is 14.3 Å². The van der Waals surface area contributed by atoms with E-state index in [0.29, 0.717) is 24.3 Å². The standard InChI is InChI=1S/C24H21N3O3/c1-29-19-11-18(13-25-14-19)15-3-5-23-20(12-15)22(7-9-30-23)27-24(28)17-2-4-21-16(10-17)6-8-26-21/h2-6,8,10-14,22,26H,7,9H2,1H3,(H,27,28). The molecule has 6 nitrogen and oxygen atoms in total. The molecule has 150 valence electrons. The molecule has 30 heavy (non-hydrogen) atoms. The van der Waals surface area contributed by atoms with Gasteiger partial charge in [-0.3, -0.25) is 9.78 Å². The second-order valence-corrected chi connectivity index (χ2v) is 7.31. The average molecular weight is 399 g/mol. The summed E-state index contributed by atoms with van der Waals surface area (Å²) >= 11 is 0. The van der Waals surface area contributed by atoms with Crippen LogP contribution in [-0.2, 0) is 0 Å². The van der Waals surface area contributed by atoms with Gasteiger partial charge in [-0.25, -0.2) is 0 Å². The van der Waals surface area contributed by atoms with E-state index >= 15 is 0 Å². The van der Waals surface area contributed by atoms with E-state index < -0.39 is 0 Å². The van der Waals surface area contributed by atoms with Crippen LogP contribution >= 0.6 is 0 Å². The number of amides is 1. The summed E-state index contributed by atoms with van der Waals surface area (Å²) in [5, 5.41) is 4.20. The zero-order valence-corrected chi connectivity index (χ0v) is 16.5. The van der Waals surface area contributed by atoms with Gasteiger partial charge in [0, 0.05) is 46.4 Å². The number of nitrogens with zero attached hydrogens (tertiary/aromatic N) is 1. The summed E-state index contributed by atoms with van der Waals surface area (Å²) < 4.78 is 11.1. The van der Waals surface area contributed by atoms with Crippen LogP contribution in [0.5, 0.6) is 11.5 Å². The summed E-state index contributed by atoms with van der Waals surface area (Å²) in [7, 11) is 1.62. The molecule has 2 aromatic heterocycles. The van der Waals surface area contributed by atoms with Crippen LogP contribution in [0.25, 0.3) is 22.0 Å². The number of carbonyl (C=O) groups excluding carboxylic acids is 1. The first-order valence-electron chi connectivity index (χ1n) is 9.85. The van der Waals surface area contributed by atoms with E-state index in [-0.39, 0.29) is 11.9 Å². The third kappa shape index (κ3) is 3.37. The van der Waals surface area contributed by atoms with Gasteiger partial charge < -0.3 is 19.8 Å². The predicted octanol–water partition coefficient (Wildman–Crippen LogP) is 4.49. The Morgan fingerprint density at radius 1 is 1.13 bits per heavy atom. The molecule has 0 aliphatic carbocycles. The lowest BCUT2D eigenvalue weighted by molar-refractivity contribution is 0.0925. The molecule has 1 unspecified atom stereocenters. The molecule has 2 aromatic carbocycles. The fourth-order valence-electron chi connectivity index (χ4n) is 3.85. The highest BCUT2D eigenvalue weighted by Crippen LogP contribution is 2.36. The van der Waals surface area contributed by atoms with Crippen LogP contribution in [0.3, 0.4) is 0 Å². The Labute approximate surface area is 173 Å². The highest BCUT2D eigenvalue weighted by Gasteiger charge is 2.24. The Morgan fingerprint density at radius 3 is 2.97 bits per heavy atom. The van der Waals surface area contributed by atoms with Crippen molar-refractivity contribution in [1.82, 2.24) is 15.3 Å². The van der Waals surface area contributed by atoms with E-state index in [2.05, 4.69) is 21.4 Å². The maximum absolute atomic E-state index is 12.9. The normalized spacial score (nSPS) is 15.3. The first-order chi connectivity index (χ1) is 14.7. The van der Waals surface area contributed by atoms with E-state index in [1.54, 1.807) is 19.5 Å². The number of aromatic amines is 1. The second-order valence-electron chi connectivity index (χ2n) is 7.31. The van der Waals surface area contributed by atoms with Gasteiger partial charge in [-0.05, 0) is 48.0 Å². The Balaban J connectivity index is 1.44. The van der Waals surface area contributed by atoms with E-state index in [1.165, 1.54) is 0 Å². The van der Waals surface area contributed by atoms with E-state index in [4.69, 9.17) is 9.47 Å². The number of carbonyl (C=O) groups is 1. The van der Waals surface area contributed by atoms with Crippen molar-refractivity contribution in [2.75, 3.05) is 13.7 Å². The van der Waals surface area contributed by atoms with Gasteiger partial charge in [0.05, 0.1) is 26.0 Å². The minimum absolute atomic E-state index is 0.0931. The third-order valence-electron chi connectivity index (χ3n) is 5.45. The number of aromatic nitrogens is 2. The molecule has 6 heteroatoms. The first-order valence-corrected chi connectivity index (χ1v) is 9.85. The minimum Gasteiger partial charge on any atom is -0.495 e. The van der Waals surface area contributed by atoms with Crippen molar-refractivity contribution >= 4 is 16.8 Å². The van der Waals surface area contributed by atoms with E-state index in [1.807, 2.05) is 48.7 Å². The molecule has 0 bridgehead atoms. The Bertz CT molecular complexity index is 1230. The fraction of sp³-hybridized carbons (Fsp3) is 0.167. The molecule has 1 aliphatic rings. The first kappa shape index (κ1) is 18.2. The van der Waals surface area contributed by atoms with Gasteiger partial charge in [-0.2, -0.15) is 0 Å². The molecule has 1 atom stereocenters. The van der Waals surface area contributed by atoms with Gasteiger partial charge in [-0.15, -0.1) is 0 Å². The summed E-state index contributed by atoms with van der Waals surface area (Å²) in [5.41, 5.74) is 4.57. The van der Waals surface area contributed by atoms with Crippen LogP contribution in [0.1, 0.15) is 28.4 Å². The predicted molar refractivity (Wildman–Crippen MR) is 115 cm³/mol. The number of rotatable bonds is 4. The maximum atomic E-state index is 12.9. The van der Waals surface area contributed by atoms with Crippen molar-refractivity contribution in [2.45, 2.75) is 12.5 Å². The van der Waals surface area contributed by atoms with Gasteiger partial charge in [0.15, 0.2) is 0 Å². The Hall–Kier alpha value is -3.80. The summed E-state index contributed by atoms with van der Waals surface area (Å²) in [5.74, 6) is 1.41. The molecule has 0 radical (unpaired) electrons. The molecule has 1 amide bonds. The van der Waals surface area contributed by atoms with Crippen LogP contribution in [0.4, 0.5) is 0 Å². The minimum atomic E-state index is -0.123. The lowest BCUT2D eigenvalue weighted by Crippen LogP contribution is -2.32. The highest BCUT2D eigenvalue weighted by molar-refractivity contribution is 5.98. The quantitative estimate of drug-likeness (QED) is 0.530. The number of fused-ring (bicyclic) bond motifs is 2. The molecule has 0 saturated carbocycles. The third-order valence-corrected chi connectivity index (χ3v) is 5.45. The largest absolute Gasteiger partial charge is 0.495 e.